The fourth-order valence-corrected chi connectivity index (χ4v) is 3.40. The molecule has 3 N–H and O–H groups in total. The molecule has 1 aliphatic rings. The molecule has 0 aliphatic heterocycles. The number of hydrogen-bond acceptors (Lipinski definition) is 3. The van der Waals surface area contributed by atoms with Crippen LogP contribution in [0.2, 0.25) is 0 Å². The van der Waals surface area contributed by atoms with Gasteiger partial charge in [0.2, 0.25) is 5.91 Å². The molecule has 5 nitrogen and oxygen atoms in total. The third-order valence-electron chi connectivity index (χ3n) is 4.91. The maximum atomic E-state index is 12.7. The van der Waals surface area contributed by atoms with Gasteiger partial charge in [-0.2, -0.15) is 0 Å². The predicted octanol–water partition coefficient (Wildman–Crippen LogP) is 3.84. The molecule has 6 heteroatoms. The summed E-state index contributed by atoms with van der Waals surface area (Å²) in [6.45, 7) is 0. The smallest absolute Gasteiger partial charge is 0.258 e. The summed E-state index contributed by atoms with van der Waals surface area (Å²) >= 11 is 0. The van der Waals surface area contributed by atoms with Gasteiger partial charge >= 0.3 is 0 Å². The van der Waals surface area contributed by atoms with Crippen molar-refractivity contribution in [3.8, 4) is 0 Å². The molecule has 0 radical (unpaired) electrons. The van der Waals surface area contributed by atoms with Crippen molar-refractivity contribution in [2.75, 3.05) is 17.3 Å². The fourth-order valence-electron chi connectivity index (χ4n) is 3.40. The Labute approximate surface area is 166 Å². The summed E-state index contributed by atoms with van der Waals surface area (Å²) in [4.78, 5) is 26.8. The van der Waals surface area contributed by atoms with E-state index in [1.165, 1.54) is 0 Å². The number of hydrogen-bond donors (Lipinski definition) is 2. The zero-order valence-corrected chi connectivity index (χ0v) is 16.2. The van der Waals surface area contributed by atoms with E-state index >= 15 is 0 Å². The van der Waals surface area contributed by atoms with Gasteiger partial charge in [-0.05, 0) is 49.6 Å². The second-order valence-corrected chi connectivity index (χ2v) is 6.89. The molecule has 0 heterocycles. The Morgan fingerprint density at radius 2 is 1.81 bits per heavy atom. The standard InChI is InChI=1S/C21H25N3O2.ClH/c1-24(19-11-3-2-4-12-19)21(26)16-8-6-10-18(14-16)23-20(25)15-7-5-9-17(22)13-15;/h2-4,6,8,10-12,14-15,17H,5,7,9,13,22H2,1H3,(H,23,25);1H. The van der Waals surface area contributed by atoms with Gasteiger partial charge in [0.15, 0.2) is 0 Å². The molecule has 1 fully saturated rings. The van der Waals surface area contributed by atoms with E-state index in [-0.39, 0.29) is 36.2 Å². The number of benzene rings is 2. The number of carbonyl (C=O) groups is 2. The average Bonchev–Trinajstić information content (AvgIpc) is 2.67. The zero-order valence-electron chi connectivity index (χ0n) is 15.4. The maximum absolute atomic E-state index is 12.7. The highest BCUT2D eigenvalue weighted by Crippen LogP contribution is 2.25. The van der Waals surface area contributed by atoms with Crippen LogP contribution in [0.15, 0.2) is 54.6 Å². The SMILES string of the molecule is CN(C(=O)c1cccc(NC(=O)C2CCCC(N)C2)c1)c1ccccc1.Cl. The van der Waals surface area contributed by atoms with Crippen molar-refractivity contribution >= 4 is 35.6 Å². The molecule has 2 unspecified atom stereocenters. The fraction of sp³-hybridized carbons (Fsp3) is 0.333. The molecule has 27 heavy (non-hydrogen) atoms. The Morgan fingerprint density at radius 3 is 2.52 bits per heavy atom. The van der Waals surface area contributed by atoms with E-state index in [0.717, 1.165) is 31.4 Å². The minimum atomic E-state index is -0.119. The van der Waals surface area contributed by atoms with Crippen LogP contribution in [0.4, 0.5) is 11.4 Å². The lowest BCUT2D eigenvalue weighted by molar-refractivity contribution is -0.120. The lowest BCUT2D eigenvalue weighted by Gasteiger charge is -2.25. The van der Waals surface area contributed by atoms with Crippen LogP contribution < -0.4 is 16.0 Å². The monoisotopic (exact) mass is 387 g/mol. The van der Waals surface area contributed by atoms with Gasteiger partial charge in [0.1, 0.15) is 0 Å². The lowest BCUT2D eigenvalue weighted by Crippen LogP contribution is -2.34. The number of carbonyl (C=O) groups excluding carboxylic acids is 2. The first-order chi connectivity index (χ1) is 12.5. The van der Waals surface area contributed by atoms with Crippen LogP contribution >= 0.6 is 12.4 Å². The van der Waals surface area contributed by atoms with Gasteiger partial charge in [-0.1, -0.05) is 30.7 Å². The summed E-state index contributed by atoms with van der Waals surface area (Å²) in [5.41, 5.74) is 7.98. The third-order valence-corrected chi connectivity index (χ3v) is 4.91. The van der Waals surface area contributed by atoms with Crippen LogP contribution in [0.3, 0.4) is 0 Å². The van der Waals surface area contributed by atoms with Gasteiger partial charge in [0, 0.05) is 35.9 Å². The van der Waals surface area contributed by atoms with E-state index < -0.39 is 0 Å². The number of rotatable bonds is 4. The van der Waals surface area contributed by atoms with E-state index in [1.54, 1.807) is 36.2 Å². The first kappa shape index (κ1) is 20.9. The van der Waals surface area contributed by atoms with Crippen LogP contribution in [0.25, 0.3) is 0 Å². The molecular formula is C21H26ClN3O2. The molecule has 3 rings (SSSR count). The highest BCUT2D eigenvalue weighted by atomic mass is 35.5. The summed E-state index contributed by atoms with van der Waals surface area (Å²) in [5, 5.41) is 2.94. The van der Waals surface area contributed by atoms with E-state index in [1.807, 2.05) is 30.3 Å². The quantitative estimate of drug-likeness (QED) is 0.836. The maximum Gasteiger partial charge on any atom is 0.258 e. The normalized spacial score (nSPS) is 18.9. The van der Waals surface area contributed by atoms with E-state index in [4.69, 9.17) is 5.73 Å². The van der Waals surface area contributed by atoms with Crippen molar-refractivity contribution in [2.45, 2.75) is 31.7 Å². The molecule has 2 amide bonds. The first-order valence-corrected chi connectivity index (χ1v) is 9.04. The summed E-state index contributed by atoms with van der Waals surface area (Å²) in [6.07, 6.45) is 3.56. The van der Waals surface area contributed by atoms with Gasteiger partial charge < -0.3 is 16.0 Å². The van der Waals surface area contributed by atoms with Crippen LogP contribution in [0, 0.1) is 5.92 Å². The summed E-state index contributed by atoms with van der Waals surface area (Å²) < 4.78 is 0. The van der Waals surface area contributed by atoms with Crippen molar-refractivity contribution in [3.63, 3.8) is 0 Å². The third kappa shape index (κ3) is 5.31. The number of nitrogens with one attached hydrogen (secondary N) is 1. The molecule has 1 aliphatic carbocycles. The zero-order chi connectivity index (χ0) is 18.5. The van der Waals surface area contributed by atoms with Gasteiger partial charge in [-0.15, -0.1) is 12.4 Å². The van der Waals surface area contributed by atoms with E-state index in [2.05, 4.69) is 5.32 Å². The van der Waals surface area contributed by atoms with Gasteiger partial charge in [-0.25, -0.2) is 0 Å². The number of halogens is 1. The lowest BCUT2D eigenvalue weighted by atomic mass is 9.85. The van der Waals surface area contributed by atoms with Gasteiger partial charge in [0.05, 0.1) is 0 Å². The summed E-state index contributed by atoms with van der Waals surface area (Å²) in [7, 11) is 1.74. The molecule has 144 valence electrons. The Hall–Kier alpha value is -2.37. The van der Waals surface area contributed by atoms with Crippen LogP contribution in [0.5, 0.6) is 0 Å². The molecule has 0 spiro atoms. The molecule has 0 aromatic heterocycles. The van der Waals surface area contributed by atoms with Crippen LogP contribution in [0.1, 0.15) is 36.0 Å². The predicted molar refractivity (Wildman–Crippen MR) is 111 cm³/mol. The topological polar surface area (TPSA) is 75.4 Å². The Kier molecular flexibility index (Phi) is 7.39. The molecule has 0 bridgehead atoms. The van der Waals surface area contributed by atoms with Crippen molar-refractivity contribution in [1.82, 2.24) is 0 Å². The molecular weight excluding hydrogens is 362 g/mol. The molecule has 2 aromatic rings. The van der Waals surface area contributed by atoms with Gasteiger partial charge in [-0.3, -0.25) is 9.59 Å². The average molecular weight is 388 g/mol. The van der Waals surface area contributed by atoms with Crippen LogP contribution in [-0.2, 0) is 4.79 Å². The second-order valence-electron chi connectivity index (χ2n) is 6.89. The van der Waals surface area contributed by atoms with E-state index in [9.17, 15) is 9.59 Å². The van der Waals surface area contributed by atoms with Crippen molar-refractivity contribution in [3.05, 3.63) is 60.2 Å². The number of nitrogens with zero attached hydrogens (tertiary/aromatic N) is 1. The minimum Gasteiger partial charge on any atom is -0.328 e. The largest absolute Gasteiger partial charge is 0.328 e. The molecule has 1 saturated carbocycles. The number of para-hydroxylation sites is 1. The number of nitrogens with two attached hydrogens (primary N) is 1. The summed E-state index contributed by atoms with van der Waals surface area (Å²) in [6, 6.07) is 16.6. The minimum absolute atomic E-state index is 0. The molecule has 0 saturated heterocycles. The summed E-state index contributed by atoms with van der Waals surface area (Å²) in [5.74, 6) is -0.182. The molecule has 2 aromatic carbocycles. The second kappa shape index (κ2) is 9.53. The van der Waals surface area contributed by atoms with E-state index in [0.29, 0.717) is 11.3 Å². The number of anilines is 2. The first-order valence-electron chi connectivity index (χ1n) is 9.04. The van der Waals surface area contributed by atoms with Crippen molar-refractivity contribution < 1.29 is 9.59 Å². The van der Waals surface area contributed by atoms with Crippen LogP contribution in [-0.4, -0.2) is 24.9 Å². The van der Waals surface area contributed by atoms with Crippen molar-refractivity contribution in [2.24, 2.45) is 11.7 Å². The Bertz CT molecular complexity index is 782. The highest BCUT2D eigenvalue weighted by Gasteiger charge is 2.25. The number of amides is 2. The molecule has 2 atom stereocenters. The Morgan fingerprint density at radius 1 is 1.07 bits per heavy atom. The Balaban J connectivity index is 0.00000261. The van der Waals surface area contributed by atoms with Crippen molar-refractivity contribution in [1.29, 1.82) is 0 Å². The van der Waals surface area contributed by atoms with Gasteiger partial charge in [0.25, 0.3) is 5.91 Å². The highest BCUT2D eigenvalue weighted by molar-refractivity contribution is 6.06.